The first kappa shape index (κ1) is 23.1. The van der Waals surface area contributed by atoms with Crippen LogP contribution in [0.3, 0.4) is 0 Å². The van der Waals surface area contributed by atoms with Crippen molar-refractivity contribution in [3.05, 3.63) is 70.4 Å². The lowest BCUT2D eigenvalue weighted by atomic mass is 10.1. The van der Waals surface area contributed by atoms with E-state index in [9.17, 15) is 9.18 Å². The lowest BCUT2D eigenvalue weighted by Gasteiger charge is -2.23. The second-order valence-corrected chi connectivity index (χ2v) is 10.3. The number of allylic oxidation sites excluding steroid dienone is 1. The molecule has 5 rings (SSSR count). The minimum atomic E-state index is -0.167. The number of unbranched alkanes of at least 4 members (excludes halogenated alkanes) is 1. The average Bonchev–Trinajstić information content (AvgIpc) is 3.32. The maximum atomic E-state index is 13.5. The normalized spacial score (nSPS) is 16.7. The number of hydrogen-bond acceptors (Lipinski definition) is 4. The summed E-state index contributed by atoms with van der Waals surface area (Å²) in [6.45, 7) is 8.01. The van der Waals surface area contributed by atoms with Crippen molar-refractivity contribution in [2.24, 2.45) is 0 Å². The van der Waals surface area contributed by atoms with E-state index in [2.05, 4.69) is 39.6 Å². The Balaban J connectivity index is 1.05. The number of carbonyl (C=O) groups excluding carboxylic acids is 1. The van der Waals surface area contributed by atoms with E-state index in [1.165, 1.54) is 16.8 Å². The van der Waals surface area contributed by atoms with E-state index in [1.807, 2.05) is 18.2 Å². The van der Waals surface area contributed by atoms with Gasteiger partial charge in [-0.1, -0.05) is 24.3 Å². The largest absolute Gasteiger partial charge is 0.369 e. The van der Waals surface area contributed by atoms with Crippen LogP contribution in [0.15, 0.2) is 53.4 Å². The monoisotopic (exact) mass is 477 g/mol. The summed E-state index contributed by atoms with van der Waals surface area (Å²) in [5.41, 5.74) is 5.74. The molecule has 0 atom stereocenters. The summed E-state index contributed by atoms with van der Waals surface area (Å²) >= 11 is 1.62. The standard InChI is InChI=1S/C28H32FN3OS/c1-20-23-8-3-2-7-21(23)17-25(20)28(33)30-11-4-5-12-31-13-6-14-32(16-15-31)26-19-34-27-18-22(29)9-10-24(26)27/h2-3,7-10,18-19H,4-6,11-17H2,1H3,(H,30,33). The van der Waals surface area contributed by atoms with E-state index in [0.717, 1.165) is 86.2 Å². The number of hydrogen-bond donors (Lipinski definition) is 1. The number of halogens is 1. The number of fused-ring (bicyclic) bond motifs is 2. The van der Waals surface area contributed by atoms with Gasteiger partial charge in [-0.25, -0.2) is 4.39 Å². The lowest BCUT2D eigenvalue weighted by Crippen LogP contribution is -2.32. The summed E-state index contributed by atoms with van der Waals surface area (Å²) in [5, 5.41) is 6.47. The molecule has 4 nitrogen and oxygen atoms in total. The van der Waals surface area contributed by atoms with Crippen molar-refractivity contribution in [1.82, 2.24) is 10.2 Å². The minimum absolute atomic E-state index is 0.0852. The number of rotatable bonds is 7. The van der Waals surface area contributed by atoms with Gasteiger partial charge >= 0.3 is 0 Å². The Morgan fingerprint density at radius 1 is 1.09 bits per heavy atom. The number of amides is 1. The fourth-order valence-corrected chi connectivity index (χ4v) is 6.21. The number of nitrogens with one attached hydrogen (secondary N) is 1. The predicted molar refractivity (Wildman–Crippen MR) is 140 cm³/mol. The molecule has 0 saturated carbocycles. The van der Waals surface area contributed by atoms with Gasteiger partial charge in [0.2, 0.25) is 5.91 Å². The molecule has 0 unspecified atom stereocenters. The van der Waals surface area contributed by atoms with E-state index in [4.69, 9.17) is 0 Å². The van der Waals surface area contributed by atoms with Crippen LogP contribution in [0.4, 0.5) is 10.1 Å². The lowest BCUT2D eigenvalue weighted by molar-refractivity contribution is -0.117. The number of carbonyl (C=O) groups is 1. The number of anilines is 1. The van der Waals surface area contributed by atoms with E-state index < -0.39 is 0 Å². The van der Waals surface area contributed by atoms with E-state index in [-0.39, 0.29) is 11.7 Å². The predicted octanol–water partition coefficient (Wildman–Crippen LogP) is 5.48. The average molecular weight is 478 g/mol. The van der Waals surface area contributed by atoms with Gasteiger partial charge in [0.25, 0.3) is 0 Å². The van der Waals surface area contributed by atoms with Crippen LogP contribution in [0.2, 0.25) is 0 Å². The molecule has 1 saturated heterocycles. The first-order valence-corrected chi connectivity index (χ1v) is 13.2. The third-order valence-electron chi connectivity index (χ3n) is 7.15. The van der Waals surface area contributed by atoms with Crippen LogP contribution < -0.4 is 10.2 Å². The van der Waals surface area contributed by atoms with Gasteiger partial charge in [-0.2, -0.15) is 0 Å². The van der Waals surface area contributed by atoms with Gasteiger partial charge in [-0.15, -0.1) is 11.3 Å². The summed E-state index contributed by atoms with van der Waals surface area (Å²) in [4.78, 5) is 17.7. The van der Waals surface area contributed by atoms with E-state index in [1.54, 1.807) is 23.5 Å². The van der Waals surface area contributed by atoms with Crippen LogP contribution >= 0.6 is 11.3 Å². The third-order valence-corrected chi connectivity index (χ3v) is 8.08. The smallest absolute Gasteiger partial charge is 0.247 e. The second kappa shape index (κ2) is 10.3. The maximum absolute atomic E-state index is 13.5. The summed E-state index contributed by atoms with van der Waals surface area (Å²) < 4.78 is 14.6. The van der Waals surface area contributed by atoms with Crippen molar-refractivity contribution < 1.29 is 9.18 Å². The second-order valence-electron chi connectivity index (χ2n) is 9.34. The highest BCUT2D eigenvalue weighted by Crippen LogP contribution is 2.34. The van der Waals surface area contributed by atoms with Gasteiger partial charge in [0.1, 0.15) is 5.82 Å². The molecule has 0 radical (unpaired) electrons. The van der Waals surface area contributed by atoms with Gasteiger partial charge in [0.05, 0.1) is 5.69 Å². The van der Waals surface area contributed by atoms with Crippen molar-refractivity contribution in [3.8, 4) is 0 Å². The topological polar surface area (TPSA) is 35.6 Å². The molecule has 2 aromatic carbocycles. The summed E-state index contributed by atoms with van der Waals surface area (Å²) in [7, 11) is 0. The molecule has 1 fully saturated rings. The minimum Gasteiger partial charge on any atom is -0.369 e. The van der Waals surface area contributed by atoms with Gasteiger partial charge < -0.3 is 15.1 Å². The first-order chi connectivity index (χ1) is 16.6. The van der Waals surface area contributed by atoms with Crippen LogP contribution in [0.5, 0.6) is 0 Å². The Morgan fingerprint density at radius 2 is 1.97 bits per heavy atom. The van der Waals surface area contributed by atoms with Crippen molar-refractivity contribution >= 4 is 38.6 Å². The van der Waals surface area contributed by atoms with Crippen LogP contribution in [-0.4, -0.2) is 50.1 Å². The molecular formula is C28H32FN3OS. The number of benzene rings is 2. The highest BCUT2D eigenvalue weighted by atomic mass is 32.1. The van der Waals surface area contributed by atoms with Crippen LogP contribution in [0, 0.1) is 5.82 Å². The van der Waals surface area contributed by atoms with E-state index >= 15 is 0 Å². The molecule has 2 aliphatic rings. The van der Waals surface area contributed by atoms with Crippen LogP contribution in [-0.2, 0) is 11.2 Å². The van der Waals surface area contributed by atoms with Gasteiger partial charge in [-0.05, 0) is 74.2 Å². The molecule has 0 spiro atoms. The molecule has 178 valence electrons. The first-order valence-electron chi connectivity index (χ1n) is 12.3. The Kier molecular flexibility index (Phi) is 6.97. The highest BCUT2D eigenvalue weighted by Gasteiger charge is 2.23. The van der Waals surface area contributed by atoms with Gasteiger partial charge in [-0.3, -0.25) is 4.79 Å². The summed E-state index contributed by atoms with van der Waals surface area (Å²) in [6, 6.07) is 13.4. The molecule has 34 heavy (non-hydrogen) atoms. The highest BCUT2D eigenvalue weighted by molar-refractivity contribution is 7.17. The van der Waals surface area contributed by atoms with Gasteiger partial charge in [0.15, 0.2) is 0 Å². The molecule has 3 aromatic rings. The Bertz CT molecular complexity index is 1220. The molecule has 1 amide bonds. The molecule has 1 aliphatic heterocycles. The molecular weight excluding hydrogens is 445 g/mol. The third kappa shape index (κ3) is 4.89. The summed E-state index contributed by atoms with van der Waals surface area (Å²) in [6.07, 6.45) is 3.95. The molecule has 6 heteroatoms. The van der Waals surface area contributed by atoms with Crippen LogP contribution in [0.1, 0.15) is 37.3 Å². The van der Waals surface area contributed by atoms with E-state index in [0.29, 0.717) is 0 Å². The Hall–Kier alpha value is -2.70. The quantitative estimate of drug-likeness (QED) is 0.458. The fraction of sp³-hybridized carbons (Fsp3) is 0.393. The van der Waals surface area contributed by atoms with Crippen molar-refractivity contribution in [1.29, 1.82) is 0 Å². The fourth-order valence-electron chi connectivity index (χ4n) is 5.21. The summed E-state index contributed by atoms with van der Waals surface area (Å²) in [5.74, 6) is -0.0821. The Labute approximate surface area is 205 Å². The SMILES string of the molecule is CC1=C(C(=O)NCCCCN2CCCN(c3csc4cc(F)ccc34)CC2)Cc2ccccc21. The van der Waals surface area contributed by atoms with Crippen molar-refractivity contribution in [3.63, 3.8) is 0 Å². The van der Waals surface area contributed by atoms with Crippen molar-refractivity contribution in [2.45, 2.75) is 32.6 Å². The molecule has 1 aliphatic carbocycles. The van der Waals surface area contributed by atoms with Crippen molar-refractivity contribution in [2.75, 3.05) is 44.2 Å². The number of thiophene rings is 1. The number of nitrogens with zero attached hydrogens (tertiary/aromatic N) is 2. The molecule has 1 N–H and O–H groups in total. The molecule has 2 heterocycles. The zero-order valence-corrected chi connectivity index (χ0v) is 20.6. The van der Waals surface area contributed by atoms with Crippen LogP contribution in [0.25, 0.3) is 15.7 Å². The zero-order valence-electron chi connectivity index (χ0n) is 19.8. The molecule has 1 aromatic heterocycles. The maximum Gasteiger partial charge on any atom is 0.247 e. The Morgan fingerprint density at radius 3 is 2.85 bits per heavy atom. The molecule has 0 bridgehead atoms. The zero-order chi connectivity index (χ0) is 23.5. The van der Waals surface area contributed by atoms with Gasteiger partial charge in [0, 0.05) is 53.6 Å².